The fourth-order valence-corrected chi connectivity index (χ4v) is 2.56. The van der Waals surface area contributed by atoms with Gasteiger partial charge in [0.15, 0.2) is 0 Å². The van der Waals surface area contributed by atoms with Gasteiger partial charge in [0, 0.05) is 43.5 Å². The van der Waals surface area contributed by atoms with Gasteiger partial charge in [0.2, 0.25) is 0 Å². The van der Waals surface area contributed by atoms with Crippen LogP contribution in [0.25, 0.3) is 0 Å². The molecule has 1 heterocycles. The van der Waals surface area contributed by atoms with E-state index in [0.717, 1.165) is 31.1 Å². The van der Waals surface area contributed by atoms with Gasteiger partial charge in [-0.3, -0.25) is 9.88 Å². The van der Waals surface area contributed by atoms with Crippen molar-refractivity contribution >= 4 is 0 Å². The molecule has 0 spiro atoms. The van der Waals surface area contributed by atoms with Crippen LogP contribution in [0.3, 0.4) is 0 Å². The number of rotatable bonds is 9. The molecule has 4 heteroatoms. The summed E-state index contributed by atoms with van der Waals surface area (Å²) >= 11 is 0. The van der Waals surface area contributed by atoms with Gasteiger partial charge in [-0.05, 0) is 46.6 Å². The van der Waals surface area contributed by atoms with E-state index in [1.54, 1.807) is 0 Å². The molecule has 2 rings (SSSR count). The zero-order valence-electron chi connectivity index (χ0n) is 13.8. The summed E-state index contributed by atoms with van der Waals surface area (Å²) in [7, 11) is 0. The number of ether oxygens (including phenoxy) is 1. The molecule has 0 aromatic carbocycles. The Bertz CT molecular complexity index is 422. The SMILES string of the molecule is CC(C)N(CCOc1ccnc(CNC2CC2)c1)C(C)C. The molecule has 0 aliphatic heterocycles. The summed E-state index contributed by atoms with van der Waals surface area (Å²) in [6, 6.07) is 5.79. The third-order valence-electron chi connectivity index (χ3n) is 3.88. The average molecular weight is 291 g/mol. The van der Waals surface area contributed by atoms with Crippen molar-refractivity contribution in [3.05, 3.63) is 24.0 Å². The van der Waals surface area contributed by atoms with Crippen molar-refractivity contribution in [2.24, 2.45) is 0 Å². The van der Waals surface area contributed by atoms with Gasteiger partial charge in [-0.25, -0.2) is 0 Å². The van der Waals surface area contributed by atoms with Crippen LogP contribution in [0, 0.1) is 0 Å². The second kappa shape index (κ2) is 7.76. The Kier molecular flexibility index (Phi) is 6.00. The van der Waals surface area contributed by atoms with E-state index in [2.05, 4.69) is 42.9 Å². The zero-order valence-corrected chi connectivity index (χ0v) is 13.8. The summed E-state index contributed by atoms with van der Waals surface area (Å²) in [4.78, 5) is 6.83. The van der Waals surface area contributed by atoms with Gasteiger partial charge >= 0.3 is 0 Å². The minimum atomic E-state index is 0.546. The van der Waals surface area contributed by atoms with Crippen LogP contribution >= 0.6 is 0 Å². The maximum Gasteiger partial charge on any atom is 0.122 e. The third kappa shape index (κ3) is 5.64. The van der Waals surface area contributed by atoms with Crippen LogP contribution in [0.4, 0.5) is 0 Å². The Morgan fingerprint density at radius 2 is 2.00 bits per heavy atom. The zero-order chi connectivity index (χ0) is 15.2. The van der Waals surface area contributed by atoms with Crippen molar-refractivity contribution in [2.45, 2.75) is 65.2 Å². The van der Waals surface area contributed by atoms with Crippen molar-refractivity contribution in [2.75, 3.05) is 13.2 Å². The summed E-state index contributed by atoms with van der Waals surface area (Å²) in [5.74, 6) is 0.921. The van der Waals surface area contributed by atoms with Crippen LogP contribution < -0.4 is 10.1 Å². The van der Waals surface area contributed by atoms with Crippen molar-refractivity contribution < 1.29 is 4.74 Å². The molecular formula is C17H29N3O. The molecule has 1 N–H and O–H groups in total. The standard InChI is InChI=1S/C17H29N3O/c1-13(2)20(14(3)4)9-10-21-17-7-8-18-16(11-17)12-19-15-5-6-15/h7-8,11,13-15,19H,5-6,9-10,12H2,1-4H3. The van der Waals surface area contributed by atoms with Gasteiger partial charge < -0.3 is 10.1 Å². The molecule has 1 aliphatic rings. The second-order valence-electron chi connectivity index (χ2n) is 6.41. The van der Waals surface area contributed by atoms with Gasteiger partial charge in [-0.2, -0.15) is 0 Å². The maximum atomic E-state index is 5.89. The van der Waals surface area contributed by atoms with E-state index in [1.165, 1.54) is 12.8 Å². The lowest BCUT2D eigenvalue weighted by molar-refractivity contribution is 0.142. The normalized spacial score (nSPS) is 15.2. The number of aromatic nitrogens is 1. The molecular weight excluding hydrogens is 262 g/mol. The summed E-state index contributed by atoms with van der Waals surface area (Å²) < 4.78 is 5.89. The number of hydrogen-bond donors (Lipinski definition) is 1. The van der Waals surface area contributed by atoms with Crippen LogP contribution in [-0.4, -0.2) is 41.2 Å². The maximum absolute atomic E-state index is 5.89. The highest BCUT2D eigenvalue weighted by Crippen LogP contribution is 2.19. The van der Waals surface area contributed by atoms with Crippen molar-refractivity contribution in [1.29, 1.82) is 0 Å². The van der Waals surface area contributed by atoms with Crippen LogP contribution in [0.1, 0.15) is 46.2 Å². The van der Waals surface area contributed by atoms with E-state index >= 15 is 0 Å². The molecule has 0 bridgehead atoms. The first kappa shape index (κ1) is 16.2. The van der Waals surface area contributed by atoms with Gasteiger partial charge in [0.05, 0.1) is 5.69 Å². The average Bonchev–Trinajstić information content (AvgIpc) is 3.25. The Labute approximate surface area is 128 Å². The molecule has 0 saturated heterocycles. The highest BCUT2D eigenvalue weighted by atomic mass is 16.5. The fourth-order valence-electron chi connectivity index (χ4n) is 2.56. The molecule has 0 radical (unpaired) electrons. The molecule has 1 saturated carbocycles. The number of nitrogens with one attached hydrogen (secondary N) is 1. The lowest BCUT2D eigenvalue weighted by Gasteiger charge is -2.30. The molecule has 0 amide bonds. The highest BCUT2D eigenvalue weighted by molar-refractivity contribution is 5.22. The van der Waals surface area contributed by atoms with E-state index < -0.39 is 0 Å². The molecule has 4 nitrogen and oxygen atoms in total. The fraction of sp³-hybridized carbons (Fsp3) is 0.706. The largest absolute Gasteiger partial charge is 0.492 e. The predicted molar refractivity (Wildman–Crippen MR) is 86.6 cm³/mol. The summed E-state index contributed by atoms with van der Waals surface area (Å²) in [6.45, 7) is 11.4. The van der Waals surface area contributed by atoms with Crippen molar-refractivity contribution in [1.82, 2.24) is 15.2 Å². The third-order valence-corrected chi connectivity index (χ3v) is 3.88. The summed E-state index contributed by atoms with van der Waals surface area (Å²) in [5.41, 5.74) is 1.06. The monoisotopic (exact) mass is 291 g/mol. The van der Waals surface area contributed by atoms with Gasteiger partial charge in [0.25, 0.3) is 0 Å². The molecule has 118 valence electrons. The second-order valence-corrected chi connectivity index (χ2v) is 6.41. The van der Waals surface area contributed by atoms with E-state index in [1.807, 2.05) is 18.3 Å². The van der Waals surface area contributed by atoms with Crippen LogP contribution in [0.5, 0.6) is 5.75 Å². The predicted octanol–water partition coefficient (Wildman–Crippen LogP) is 2.83. The van der Waals surface area contributed by atoms with E-state index in [4.69, 9.17) is 4.74 Å². The molecule has 1 aromatic heterocycles. The topological polar surface area (TPSA) is 37.4 Å². The smallest absolute Gasteiger partial charge is 0.122 e. The van der Waals surface area contributed by atoms with E-state index in [9.17, 15) is 0 Å². The first-order chi connectivity index (χ1) is 10.1. The molecule has 0 unspecified atom stereocenters. The highest BCUT2D eigenvalue weighted by Gasteiger charge is 2.20. The summed E-state index contributed by atoms with van der Waals surface area (Å²) in [6.07, 6.45) is 4.44. The number of nitrogens with zero attached hydrogens (tertiary/aromatic N) is 2. The van der Waals surface area contributed by atoms with E-state index in [0.29, 0.717) is 18.1 Å². The Balaban J connectivity index is 1.77. The van der Waals surface area contributed by atoms with Crippen LogP contribution in [0.2, 0.25) is 0 Å². The minimum Gasteiger partial charge on any atom is -0.492 e. The first-order valence-electron chi connectivity index (χ1n) is 8.13. The lowest BCUT2D eigenvalue weighted by Crippen LogP contribution is -2.39. The van der Waals surface area contributed by atoms with Crippen molar-refractivity contribution in [3.63, 3.8) is 0 Å². The van der Waals surface area contributed by atoms with Crippen LogP contribution in [0.15, 0.2) is 18.3 Å². The van der Waals surface area contributed by atoms with Crippen LogP contribution in [-0.2, 0) is 6.54 Å². The quantitative estimate of drug-likeness (QED) is 0.759. The van der Waals surface area contributed by atoms with Gasteiger partial charge in [-0.15, -0.1) is 0 Å². The summed E-state index contributed by atoms with van der Waals surface area (Å²) in [5, 5.41) is 3.48. The Morgan fingerprint density at radius 3 is 2.62 bits per heavy atom. The Hall–Kier alpha value is -1.13. The Morgan fingerprint density at radius 1 is 1.29 bits per heavy atom. The molecule has 21 heavy (non-hydrogen) atoms. The van der Waals surface area contributed by atoms with Gasteiger partial charge in [-0.1, -0.05) is 0 Å². The van der Waals surface area contributed by atoms with Gasteiger partial charge in [0.1, 0.15) is 12.4 Å². The lowest BCUT2D eigenvalue weighted by atomic mass is 10.2. The minimum absolute atomic E-state index is 0.546. The first-order valence-corrected chi connectivity index (χ1v) is 8.13. The number of pyridine rings is 1. The van der Waals surface area contributed by atoms with E-state index in [-0.39, 0.29) is 0 Å². The molecule has 1 fully saturated rings. The van der Waals surface area contributed by atoms with Crippen molar-refractivity contribution in [3.8, 4) is 5.75 Å². The molecule has 0 atom stereocenters. The number of hydrogen-bond acceptors (Lipinski definition) is 4. The molecule has 1 aliphatic carbocycles. The molecule has 1 aromatic rings.